The van der Waals surface area contributed by atoms with Gasteiger partial charge >= 0.3 is 0 Å². The van der Waals surface area contributed by atoms with E-state index < -0.39 is 0 Å². The zero-order valence-corrected chi connectivity index (χ0v) is 10.7. The van der Waals surface area contributed by atoms with Crippen LogP contribution in [0.1, 0.15) is 51.9 Å². The third-order valence-electron chi connectivity index (χ3n) is 5.42. The summed E-state index contributed by atoms with van der Waals surface area (Å²) in [5.41, 5.74) is 0.754. The van der Waals surface area contributed by atoms with Crippen molar-refractivity contribution in [3.05, 3.63) is 0 Å². The van der Waals surface area contributed by atoms with Gasteiger partial charge in [-0.15, -0.1) is 0 Å². The van der Waals surface area contributed by atoms with E-state index in [1.54, 1.807) is 0 Å². The minimum Gasteiger partial charge on any atom is -0.314 e. The van der Waals surface area contributed by atoms with Gasteiger partial charge < -0.3 is 5.32 Å². The molecule has 1 unspecified atom stereocenters. The molecule has 0 aromatic heterocycles. The Labute approximate surface area is 99.8 Å². The number of piperazine rings is 1. The van der Waals surface area contributed by atoms with Crippen LogP contribution < -0.4 is 5.32 Å². The summed E-state index contributed by atoms with van der Waals surface area (Å²) in [4.78, 5) is 2.82. The highest BCUT2D eigenvalue weighted by Gasteiger charge is 2.50. The minimum atomic E-state index is 0.754. The highest BCUT2D eigenvalue weighted by atomic mass is 15.3. The first-order valence-corrected chi connectivity index (χ1v) is 7.28. The summed E-state index contributed by atoms with van der Waals surface area (Å²) in [5.74, 6) is 0. The van der Waals surface area contributed by atoms with Crippen molar-refractivity contribution in [3.63, 3.8) is 0 Å². The monoisotopic (exact) mass is 222 g/mol. The Balaban J connectivity index is 1.69. The predicted molar refractivity (Wildman–Crippen MR) is 67.6 cm³/mol. The fourth-order valence-corrected chi connectivity index (χ4v) is 4.36. The molecule has 0 bridgehead atoms. The summed E-state index contributed by atoms with van der Waals surface area (Å²) < 4.78 is 0. The third kappa shape index (κ3) is 1.70. The molecule has 3 rings (SSSR count). The highest BCUT2D eigenvalue weighted by Crippen LogP contribution is 2.54. The largest absolute Gasteiger partial charge is 0.314 e. The average molecular weight is 222 g/mol. The van der Waals surface area contributed by atoms with Gasteiger partial charge in [-0.1, -0.05) is 19.3 Å². The molecule has 1 N–H and O–H groups in total. The van der Waals surface area contributed by atoms with E-state index in [0.29, 0.717) is 0 Å². The summed E-state index contributed by atoms with van der Waals surface area (Å²) in [6.45, 7) is 6.10. The molecule has 2 aliphatic carbocycles. The van der Waals surface area contributed by atoms with Crippen molar-refractivity contribution in [2.75, 3.05) is 19.6 Å². The van der Waals surface area contributed by atoms with Gasteiger partial charge in [-0.05, 0) is 38.0 Å². The fraction of sp³-hybridized carbons (Fsp3) is 1.00. The molecule has 2 nitrogen and oxygen atoms in total. The molecule has 1 aliphatic heterocycles. The van der Waals surface area contributed by atoms with Crippen molar-refractivity contribution in [2.24, 2.45) is 5.41 Å². The third-order valence-corrected chi connectivity index (χ3v) is 5.42. The Hall–Kier alpha value is -0.0800. The van der Waals surface area contributed by atoms with Crippen molar-refractivity contribution in [3.8, 4) is 0 Å². The second kappa shape index (κ2) is 4.30. The lowest BCUT2D eigenvalue weighted by Crippen LogP contribution is -2.63. The number of hydrogen-bond acceptors (Lipinski definition) is 2. The summed E-state index contributed by atoms with van der Waals surface area (Å²) in [7, 11) is 0. The van der Waals surface area contributed by atoms with Gasteiger partial charge in [-0.25, -0.2) is 0 Å². The molecule has 0 aromatic carbocycles. The Kier molecular flexibility index (Phi) is 2.97. The topological polar surface area (TPSA) is 15.3 Å². The number of hydrogen-bond donors (Lipinski definition) is 1. The van der Waals surface area contributed by atoms with Gasteiger partial charge in [0.25, 0.3) is 0 Å². The molecule has 1 spiro atoms. The van der Waals surface area contributed by atoms with E-state index >= 15 is 0 Å². The summed E-state index contributed by atoms with van der Waals surface area (Å²) in [5, 5.41) is 3.52. The van der Waals surface area contributed by atoms with Gasteiger partial charge in [0.2, 0.25) is 0 Å². The zero-order chi connectivity index (χ0) is 11.0. The molecule has 92 valence electrons. The number of rotatable bonds is 1. The molecule has 2 atom stereocenters. The number of nitrogens with one attached hydrogen (secondary N) is 1. The second-order valence-electron chi connectivity index (χ2n) is 6.27. The minimum absolute atomic E-state index is 0.754. The molecule has 1 saturated heterocycles. The van der Waals surface area contributed by atoms with Crippen molar-refractivity contribution in [1.82, 2.24) is 10.2 Å². The van der Waals surface area contributed by atoms with Crippen LogP contribution >= 0.6 is 0 Å². The Morgan fingerprint density at radius 3 is 2.56 bits per heavy atom. The molecule has 2 heteroatoms. The molecule has 3 aliphatic rings. The lowest BCUT2D eigenvalue weighted by molar-refractivity contribution is -0.0735. The molecule has 3 fully saturated rings. The maximum absolute atomic E-state index is 3.52. The molecular weight excluding hydrogens is 196 g/mol. The van der Waals surface area contributed by atoms with Gasteiger partial charge in [-0.3, -0.25) is 4.90 Å². The lowest BCUT2D eigenvalue weighted by atomic mass is 9.56. The van der Waals surface area contributed by atoms with Crippen LogP contribution in [0.5, 0.6) is 0 Å². The molecular formula is C14H26N2. The van der Waals surface area contributed by atoms with Crippen molar-refractivity contribution < 1.29 is 0 Å². The molecule has 0 radical (unpaired) electrons. The summed E-state index contributed by atoms with van der Waals surface area (Å²) >= 11 is 0. The molecule has 1 heterocycles. The van der Waals surface area contributed by atoms with Crippen LogP contribution in [-0.4, -0.2) is 36.6 Å². The Morgan fingerprint density at radius 1 is 1.12 bits per heavy atom. The lowest BCUT2D eigenvalue weighted by Gasteiger charge is -2.58. The maximum Gasteiger partial charge on any atom is 0.0196 e. The maximum atomic E-state index is 3.52. The van der Waals surface area contributed by atoms with Gasteiger partial charge in [0.05, 0.1) is 0 Å². The summed E-state index contributed by atoms with van der Waals surface area (Å²) in [6.07, 6.45) is 10.5. The van der Waals surface area contributed by atoms with Crippen LogP contribution in [0.3, 0.4) is 0 Å². The van der Waals surface area contributed by atoms with Crippen LogP contribution in [-0.2, 0) is 0 Å². The van der Waals surface area contributed by atoms with E-state index in [1.807, 2.05) is 0 Å². The first kappa shape index (κ1) is 11.0. The molecule has 2 saturated carbocycles. The second-order valence-corrected chi connectivity index (χ2v) is 6.27. The predicted octanol–water partition coefficient (Wildman–Crippen LogP) is 2.39. The highest BCUT2D eigenvalue weighted by molar-refractivity contribution is 5.04. The van der Waals surface area contributed by atoms with E-state index in [2.05, 4.69) is 17.1 Å². The van der Waals surface area contributed by atoms with Gasteiger partial charge in [0.15, 0.2) is 0 Å². The zero-order valence-electron chi connectivity index (χ0n) is 10.7. The van der Waals surface area contributed by atoms with E-state index in [-0.39, 0.29) is 0 Å². The standard InChI is InChI=1S/C14H26N2/c1-12-11-15-9-10-16(12)13-5-8-14(13)6-3-2-4-7-14/h12-13,15H,2-11H2,1H3/t12-,13?/m1/s1. The fourth-order valence-electron chi connectivity index (χ4n) is 4.36. The van der Waals surface area contributed by atoms with E-state index in [0.717, 1.165) is 17.5 Å². The van der Waals surface area contributed by atoms with Crippen molar-refractivity contribution >= 4 is 0 Å². The van der Waals surface area contributed by atoms with Crippen molar-refractivity contribution in [1.29, 1.82) is 0 Å². The van der Waals surface area contributed by atoms with Gasteiger partial charge in [0, 0.05) is 31.7 Å². The van der Waals surface area contributed by atoms with E-state index in [9.17, 15) is 0 Å². The van der Waals surface area contributed by atoms with Gasteiger partial charge in [-0.2, -0.15) is 0 Å². The summed E-state index contributed by atoms with van der Waals surface area (Å²) in [6, 6.07) is 1.70. The van der Waals surface area contributed by atoms with E-state index in [4.69, 9.17) is 0 Å². The first-order chi connectivity index (χ1) is 7.82. The van der Waals surface area contributed by atoms with Crippen LogP contribution in [0.25, 0.3) is 0 Å². The smallest absolute Gasteiger partial charge is 0.0196 e. The first-order valence-electron chi connectivity index (χ1n) is 7.28. The van der Waals surface area contributed by atoms with Crippen molar-refractivity contribution in [2.45, 2.75) is 64.0 Å². The van der Waals surface area contributed by atoms with Crippen LogP contribution in [0.15, 0.2) is 0 Å². The number of nitrogens with zero attached hydrogens (tertiary/aromatic N) is 1. The molecule has 16 heavy (non-hydrogen) atoms. The average Bonchev–Trinajstić information content (AvgIpc) is 2.32. The Bertz CT molecular complexity index is 245. The van der Waals surface area contributed by atoms with Crippen LogP contribution in [0.4, 0.5) is 0 Å². The van der Waals surface area contributed by atoms with Crippen LogP contribution in [0, 0.1) is 5.41 Å². The normalized spacial score (nSPS) is 39.6. The van der Waals surface area contributed by atoms with E-state index in [1.165, 1.54) is 64.6 Å². The quantitative estimate of drug-likeness (QED) is 0.733. The van der Waals surface area contributed by atoms with Crippen LogP contribution in [0.2, 0.25) is 0 Å². The molecule has 0 aromatic rings. The molecule has 0 amide bonds. The Morgan fingerprint density at radius 2 is 1.94 bits per heavy atom. The van der Waals surface area contributed by atoms with Gasteiger partial charge in [0.1, 0.15) is 0 Å². The SMILES string of the molecule is C[C@@H]1CNCCN1C1CCC12CCCCC2.